The van der Waals surface area contributed by atoms with Crippen molar-refractivity contribution in [2.45, 2.75) is 32.2 Å². The lowest BCUT2D eigenvalue weighted by atomic mass is 10.1. The molecule has 1 aliphatic carbocycles. The molecule has 1 amide bonds. The predicted octanol–water partition coefficient (Wildman–Crippen LogP) is 0.253. The number of carbonyl (C=O) groups excluding carboxylic acids is 1. The van der Waals surface area contributed by atoms with Gasteiger partial charge in [0.2, 0.25) is 5.91 Å². The zero-order chi connectivity index (χ0) is 9.68. The first-order valence-electron chi connectivity index (χ1n) is 4.66. The Labute approximate surface area is 79.1 Å². The van der Waals surface area contributed by atoms with Gasteiger partial charge in [-0.25, -0.2) is 0 Å². The van der Waals surface area contributed by atoms with Crippen molar-refractivity contribution < 1.29 is 4.79 Å². The molecule has 0 spiro atoms. The van der Waals surface area contributed by atoms with Gasteiger partial charge in [-0.2, -0.15) is 0 Å². The third kappa shape index (κ3) is 3.95. The molecule has 0 aliphatic heterocycles. The van der Waals surface area contributed by atoms with Crippen LogP contribution in [0.5, 0.6) is 0 Å². The van der Waals surface area contributed by atoms with Crippen molar-refractivity contribution >= 4 is 5.91 Å². The van der Waals surface area contributed by atoms with Crippen molar-refractivity contribution in [2.24, 2.45) is 11.7 Å². The fourth-order valence-corrected chi connectivity index (χ4v) is 1.21. The number of hydrogen-bond donors (Lipinski definition) is 2. The molecule has 3 N–H and O–H groups in total. The molecule has 0 heterocycles. The Morgan fingerprint density at radius 3 is 2.92 bits per heavy atom. The van der Waals surface area contributed by atoms with E-state index >= 15 is 0 Å². The van der Waals surface area contributed by atoms with Crippen molar-refractivity contribution in [3.63, 3.8) is 0 Å². The summed E-state index contributed by atoms with van der Waals surface area (Å²) < 4.78 is 0. The van der Waals surface area contributed by atoms with Crippen LogP contribution in [0.4, 0.5) is 0 Å². The van der Waals surface area contributed by atoms with Gasteiger partial charge in [-0.15, -0.1) is 5.92 Å². The lowest BCUT2D eigenvalue weighted by Gasteiger charge is -2.08. The maximum absolute atomic E-state index is 11.2. The Hall–Kier alpha value is -1.01. The van der Waals surface area contributed by atoms with E-state index in [1.165, 1.54) is 12.8 Å². The van der Waals surface area contributed by atoms with Crippen LogP contribution in [0, 0.1) is 17.8 Å². The fourth-order valence-electron chi connectivity index (χ4n) is 1.21. The summed E-state index contributed by atoms with van der Waals surface area (Å²) in [5.74, 6) is 6.09. The number of nitrogens with one attached hydrogen (secondary N) is 1. The molecule has 1 rings (SSSR count). The van der Waals surface area contributed by atoms with Crippen LogP contribution in [0.2, 0.25) is 0 Å². The van der Waals surface area contributed by atoms with Gasteiger partial charge in [-0.3, -0.25) is 4.79 Å². The monoisotopic (exact) mass is 180 g/mol. The summed E-state index contributed by atoms with van der Waals surface area (Å²) in [6.45, 7) is 2.19. The summed E-state index contributed by atoms with van der Waals surface area (Å²) in [6.07, 6.45) is 2.81. The lowest BCUT2D eigenvalue weighted by molar-refractivity contribution is -0.121. The van der Waals surface area contributed by atoms with E-state index in [2.05, 4.69) is 17.2 Å². The van der Waals surface area contributed by atoms with Crippen LogP contribution < -0.4 is 11.1 Å². The summed E-state index contributed by atoms with van der Waals surface area (Å²) >= 11 is 0. The SMILES string of the molecule is CC#CCNC(=O)CC(N)C1CC1. The van der Waals surface area contributed by atoms with E-state index in [-0.39, 0.29) is 11.9 Å². The van der Waals surface area contributed by atoms with Gasteiger partial charge >= 0.3 is 0 Å². The van der Waals surface area contributed by atoms with Gasteiger partial charge in [-0.05, 0) is 25.7 Å². The van der Waals surface area contributed by atoms with E-state index < -0.39 is 0 Å². The average molecular weight is 180 g/mol. The average Bonchev–Trinajstić information content (AvgIpc) is 2.86. The minimum Gasteiger partial charge on any atom is -0.345 e. The molecule has 0 aromatic heterocycles. The van der Waals surface area contributed by atoms with Crippen molar-refractivity contribution in [2.75, 3.05) is 6.54 Å². The van der Waals surface area contributed by atoms with Crippen molar-refractivity contribution in [1.82, 2.24) is 5.32 Å². The first-order chi connectivity index (χ1) is 6.24. The predicted molar refractivity (Wildman–Crippen MR) is 51.8 cm³/mol. The van der Waals surface area contributed by atoms with E-state index in [4.69, 9.17) is 5.73 Å². The standard InChI is InChI=1S/C10H16N2O/c1-2-3-6-12-10(13)7-9(11)8-4-5-8/h8-9H,4-7,11H2,1H3,(H,12,13). The molecule has 0 bridgehead atoms. The van der Waals surface area contributed by atoms with Gasteiger partial charge in [0.05, 0.1) is 6.54 Å². The Balaban J connectivity index is 2.11. The van der Waals surface area contributed by atoms with Crippen LogP contribution in [0.15, 0.2) is 0 Å². The third-order valence-electron chi connectivity index (χ3n) is 2.20. The molecule has 1 atom stereocenters. The maximum atomic E-state index is 11.2. The Kier molecular flexibility index (Phi) is 3.78. The minimum atomic E-state index is 0.0159. The highest BCUT2D eigenvalue weighted by Crippen LogP contribution is 2.32. The first kappa shape index (κ1) is 10.1. The van der Waals surface area contributed by atoms with Crippen LogP contribution in [-0.4, -0.2) is 18.5 Å². The minimum absolute atomic E-state index is 0.0159. The van der Waals surface area contributed by atoms with Crippen molar-refractivity contribution in [1.29, 1.82) is 0 Å². The summed E-state index contributed by atoms with van der Waals surface area (Å²) in [7, 11) is 0. The number of rotatable bonds is 4. The molecule has 1 fully saturated rings. The van der Waals surface area contributed by atoms with E-state index in [1.807, 2.05) is 0 Å². The maximum Gasteiger partial charge on any atom is 0.222 e. The van der Waals surface area contributed by atoms with E-state index in [0.29, 0.717) is 18.9 Å². The van der Waals surface area contributed by atoms with Crippen molar-refractivity contribution in [3.05, 3.63) is 0 Å². The summed E-state index contributed by atoms with van der Waals surface area (Å²) in [5.41, 5.74) is 5.79. The van der Waals surface area contributed by atoms with Crippen LogP contribution in [-0.2, 0) is 4.79 Å². The molecule has 1 saturated carbocycles. The highest BCUT2D eigenvalue weighted by molar-refractivity contribution is 5.76. The topological polar surface area (TPSA) is 55.1 Å². The fraction of sp³-hybridized carbons (Fsp3) is 0.700. The molecule has 72 valence electrons. The second kappa shape index (κ2) is 4.88. The molecule has 1 unspecified atom stereocenters. The lowest BCUT2D eigenvalue weighted by Crippen LogP contribution is -2.33. The molecule has 3 nitrogen and oxygen atoms in total. The van der Waals surface area contributed by atoms with Crippen LogP contribution in [0.3, 0.4) is 0 Å². The van der Waals surface area contributed by atoms with Gasteiger partial charge in [0.1, 0.15) is 0 Å². The van der Waals surface area contributed by atoms with E-state index in [0.717, 1.165) is 0 Å². The molecule has 0 radical (unpaired) electrons. The van der Waals surface area contributed by atoms with Gasteiger partial charge in [-0.1, -0.05) is 5.92 Å². The first-order valence-corrected chi connectivity index (χ1v) is 4.66. The largest absolute Gasteiger partial charge is 0.345 e. The zero-order valence-corrected chi connectivity index (χ0v) is 7.97. The van der Waals surface area contributed by atoms with Gasteiger partial charge in [0.25, 0.3) is 0 Å². The van der Waals surface area contributed by atoms with Crippen LogP contribution in [0.25, 0.3) is 0 Å². The molecule has 0 aromatic carbocycles. The van der Waals surface area contributed by atoms with Crippen LogP contribution in [0.1, 0.15) is 26.2 Å². The Morgan fingerprint density at radius 1 is 1.69 bits per heavy atom. The summed E-state index contributed by atoms with van der Waals surface area (Å²) in [6, 6.07) is 0.0505. The van der Waals surface area contributed by atoms with E-state index in [9.17, 15) is 4.79 Å². The zero-order valence-electron chi connectivity index (χ0n) is 7.97. The summed E-state index contributed by atoms with van der Waals surface area (Å²) in [4.78, 5) is 11.2. The molecule has 1 aliphatic rings. The smallest absolute Gasteiger partial charge is 0.222 e. The molecule has 0 aromatic rings. The number of hydrogen-bond acceptors (Lipinski definition) is 2. The number of amides is 1. The van der Waals surface area contributed by atoms with Gasteiger partial charge in [0, 0.05) is 12.5 Å². The second-order valence-corrected chi connectivity index (χ2v) is 3.41. The van der Waals surface area contributed by atoms with Gasteiger partial charge in [0.15, 0.2) is 0 Å². The van der Waals surface area contributed by atoms with Crippen LogP contribution >= 0.6 is 0 Å². The van der Waals surface area contributed by atoms with Crippen molar-refractivity contribution in [3.8, 4) is 11.8 Å². The highest BCUT2D eigenvalue weighted by atomic mass is 16.1. The van der Waals surface area contributed by atoms with E-state index in [1.54, 1.807) is 6.92 Å². The number of nitrogens with two attached hydrogens (primary N) is 1. The molecular formula is C10H16N2O. The second-order valence-electron chi connectivity index (χ2n) is 3.41. The Morgan fingerprint density at radius 2 is 2.38 bits per heavy atom. The molecular weight excluding hydrogens is 164 g/mol. The van der Waals surface area contributed by atoms with Gasteiger partial charge < -0.3 is 11.1 Å². The number of carbonyl (C=O) groups is 1. The normalized spacial score (nSPS) is 17.1. The summed E-state index contributed by atoms with van der Waals surface area (Å²) in [5, 5.41) is 2.70. The molecule has 13 heavy (non-hydrogen) atoms. The molecule has 3 heteroatoms. The quantitative estimate of drug-likeness (QED) is 0.609. The third-order valence-corrected chi connectivity index (χ3v) is 2.20. The molecule has 0 saturated heterocycles. The highest BCUT2D eigenvalue weighted by Gasteiger charge is 2.29. The Bertz CT molecular complexity index is 235.